The predicted molar refractivity (Wildman–Crippen MR) is 78.7 cm³/mol. The van der Waals surface area contributed by atoms with Crippen LogP contribution in [0.25, 0.3) is 0 Å². The summed E-state index contributed by atoms with van der Waals surface area (Å²) >= 11 is 0. The van der Waals surface area contributed by atoms with Gasteiger partial charge < -0.3 is 14.8 Å². The minimum absolute atomic E-state index is 0.0406. The van der Waals surface area contributed by atoms with E-state index in [0.717, 1.165) is 25.7 Å². The zero-order valence-electron chi connectivity index (χ0n) is 12.3. The van der Waals surface area contributed by atoms with E-state index in [1.807, 2.05) is 0 Å². The Balaban J connectivity index is 1.94. The topological polar surface area (TPSA) is 76.7 Å². The molecule has 1 aromatic rings. The van der Waals surface area contributed by atoms with Gasteiger partial charge in [-0.15, -0.1) is 0 Å². The first-order chi connectivity index (χ1) is 10.1. The molecule has 0 unspecified atom stereocenters. The van der Waals surface area contributed by atoms with Crippen molar-refractivity contribution in [3.8, 4) is 11.5 Å². The summed E-state index contributed by atoms with van der Waals surface area (Å²) < 4.78 is 10.3. The van der Waals surface area contributed by atoms with Gasteiger partial charge in [0.1, 0.15) is 0 Å². The molecule has 2 rings (SSSR count). The van der Waals surface area contributed by atoms with Crippen LogP contribution in [0.2, 0.25) is 0 Å². The second-order valence-corrected chi connectivity index (χ2v) is 4.99. The summed E-state index contributed by atoms with van der Waals surface area (Å²) in [6, 6.07) is 4.48. The van der Waals surface area contributed by atoms with E-state index in [0.29, 0.717) is 17.2 Å². The number of amides is 3. The van der Waals surface area contributed by atoms with Crippen molar-refractivity contribution in [1.82, 2.24) is 5.32 Å². The number of imide groups is 1. The van der Waals surface area contributed by atoms with Crippen LogP contribution in [0.5, 0.6) is 11.5 Å². The second kappa shape index (κ2) is 6.97. The van der Waals surface area contributed by atoms with Crippen LogP contribution in [0.4, 0.5) is 10.5 Å². The molecule has 1 aliphatic rings. The van der Waals surface area contributed by atoms with Crippen molar-refractivity contribution >= 4 is 17.6 Å². The maximum atomic E-state index is 11.9. The molecule has 0 aromatic heterocycles. The van der Waals surface area contributed by atoms with E-state index in [2.05, 4.69) is 10.6 Å². The van der Waals surface area contributed by atoms with Crippen molar-refractivity contribution in [3.63, 3.8) is 0 Å². The summed E-state index contributed by atoms with van der Waals surface area (Å²) in [7, 11) is 3.06. The van der Waals surface area contributed by atoms with E-state index in [4.69, 9.17) is 9.47 Å². The lowest BCUT2D eigenvalue weighted by Crippen LogP contribution is -2.37. The van der Waals surface area contributed by atoms with E-state index < -0.39 is 6.03 Å². The quantitative estimate of drug-likeness (QED) is 0.894. The van der Waals surface area contributed by atoms with Crippen LogP contribution in [-0.2, 0) is 4.79 Å². The minimum atomic E-state index is -0.529. The summed E-state index contributed by atoms with van der Waals surface area (Å²) in [6.07, 6.45) is 3.82. The maximum absolute atomic E-state index is 11.9. The average molecular weight is 292 g/mol. The third kappa shape index (κ3) is 3.87. The standard InChI is InChI=1S/C15H20N2O4/c1-20-12-8-7-11(9-13(12)21-2)16-15(19)17-14(18)10-5-3-4-6-10/h7-10H,3-6H2,1-2H3,(H2,16,17,18,19). The number of anilines is 1. The fraction of sp³-hybridized carbons (Fsp3) is 0.467. The minimum Gasteiger partial charge on any atom is -0.493 e. The lowest BCUT2D eigenvalue weighted by molar-refractivity contribution is -0.123. The summed E-state index contributed by atoms with van der Waals surface area (Å²) in [5.74, 6) is 0.842. The molecule has 3 amide bonds. The van der Waals surface area contributed by atoms with Crippen LogP contribution in [0.15, 0.2) is 18.2 Å². The van der Waals surface area contributed by atoms with Crippen LogP contribution >= 0.6 is 0 Å². The Morgan fingerprint density at radius 3 is 2.38 bits per heavy atom. The smallest absolute Gasteiger partial charge is 0.325 e. The number of methoxy groups -OCH3 is 2. The summed E-state index contributed by atoms with van der Waals surface area (Å²) in [5.41, 5.74) is 0.532. The average Bonchev–Trinajstić information content (AvgIpc) is 3.01. The Hall–Kier alpha value is -2.24. The Morgan fingerprint density at radius 2 is 1.76 bits per heavy atom. The molecular weight excluding hydrogens is 272 g/mol. The number of carbonyl (C=O) groups is 2. The molecule has 0 spiro atoms. The Morgan fingerprint density at radius 1 is 1.10 bits per heavy atom. The van der Waals surface area contributed by atoms with Gasteiger partial charge in [-0.3, -0.25) is 10.1 Å². The molecule has 0 atom stereocenters. The predicted octanol–water partition coefficient (Wildman–Crippen LogP) is 2.54. The molecule has 1 saturated carbocycles. The molecule has 0 aliphatic heterocycles. The molecule has 2 N–H and O–H groups in total. The first-order valence-corrected chi connectivity index (χ1v) is 6.98. The van der Waals surface area contributed by atoms with Gasteiger partial charge in [0, 0.05) is 17.7 Å². The largest absolute Gasteiger partial charge is 0.493 e. The summed E-state index contributed by atoms with van der Waals surface area (Å²) in [5, 5.41) is 4.99. The van der Waals surface area contributed by atoms with Gasteiger partial charge in [-0.25, -0.2) is 4.79 Å². The number of ether oxygens (including phenoxy) is 2. The first-order valence-electron chi connectivity index (χ1n) is 6.98. The first kappa shape index (κ1) is 15.2. The Kier molecular flexibility index (Phi) is 5.03. The van der Waals surface area contributed by atoms with Crippen LogP contribution in [-0.4, -0.2) is 26.2 Å². The van der Waals surface area contributed by atoms with Crippen molar-refractivity contribution in [2.24, 2.45) is 5.92 Å². The van der Waals surface area contributed by atoms with Crippen LogP contribution in [0.3, 0.4) is 0 Å². The fourth-order valence-electron chi connectivity index (χ4n) is 2.48. The molecule has 0 radical (unpaired) electrons. The molecule has 0 saturated heterocycles. The number of hydrogen-bond donors (Lipinski definition) is 2. The Bertz CT molecular complexity index is 524. The van der Waals surface area contributed by atoms with Crippen LogP contribution in [0, 0.1) is 5.92 Å². The number of benzene rings is 1. The number of rotatable bonds is 4. The zero-order valence-corrected chi connectivity index (χ0v) is 12.3. The van der Waals surface area contributed by atoms with Crippen LogP contribution < -0.4 is 20.1 Å². The lowest BCUT2D eigenvalue weighted by Gasteiger charge is -2.12. The maximum Gasteiger partial charge on any atom is 0.325 e. The molecule has 0 heterocycles. The summed E-state index contributed by atoms with van der Waals surface area (Å²) in [6.45, 7) is 0. The van der Waals surface area contributed by atoms with Gasteiger partial charge in [0.15, 0.2) is 11.5 Å². The number of hydrogen-bond acceptors (Lipinski definition) is 4. The van der Waals surface area contributed by atoms with Crippen molar-refractivity contribution in [3.05, 3.63) is 18.2 Å². The van der Waals surface area contributed by atoms with Gasteiger partial charge in [-0.2, -0.15) is 0 Å². The molecule has 6 heteroatoms. The fourth-order valence-corrected chi connectivity index (χ4v) is 2.48. The van der Waals surface area contributed by atoms with Crippen molar-refractivity contribution in [2.75, 3.05) is 19.5 Å². The molecule has 114 valence electrons. The highest BCUT2D eigenvalue weighted by Gasteiger charge is 2.24. The van der Waals surface area contributed by atoms with E-state index in [1.165, 1.54) is 14.2 Å². The van der Waals surface area contributed by atoms with Gasteiger partial charge in [0.2, 0.25) is 5.91 Å². The van der Waals surface area contributed by atoms with E-state index >= 15 is 0 Å². The lowest BCUT2D eigenvalue weighted by atomic mass is 10.1. The second-order valence-electron chi connectivity index (χ2n) is 4.99. The number of urea groups is 1. The van der Waals surface area contributed by atoms with Gasteiger partial charge in [0.25, 0.3) is 0 Å². The van der Waals surface area contributed by atoms with E-state index in [-0.39, 0.29) is 11.8 Å². The van der Waals surface area contributed by atoms with Gasteiger partial charge in [-0.05, 0) is 25.0 Å². The van der Waals surface area contributed by atoms with Crippen molar-refractivity contribution in [2.45, 2.75) is 25.7 Å². The molecule has 1 fully saturated rings. The molecule has 6 nitrogen and oxygen atoms in total. The molecule has 0 bridgehead atoms. The summed E-state index contributed by atoms with van der Waals surface area (Å²) in [4.78, 5) is 23.7. The van der Waals surface area contributed by atoms with Gasteiger partial charge >= 0.3 is 6.03 Å². The number of carbonyl (C=O) groups excluding carboxylic acids is 2. The van der Waals surface area contributed by atoms with Crippen molar-refractivity contribution in [1.29, 1.82) is 0 Å². The van der Waals surface area contributed by atoms with E-state index in [9.17, 15) is 9.59 Å². The molecule has 1 aliphatic carbocycles. The third-order valence-corrected chi connectivity index (χ3v) is 3.60. The molecule has 21 heavy (non-hydrogen) atoms. The highest BCUT2D eigenvalue weighted by molar-refractivity contribution is 6.02. The van der Waals surface area contributed by atoms with Crippen molar-refractivity contribution < 1.29 is 19.1 Å². The highest BCUT2D eigenvalue weighted by Crippen LogP contribution is 2.29. The van der Waals surface area contributed by atoms with Gasteiger partial charge in [-0.1, -0.05) is 12.8 Å². The third-order valence-electron chi connectivity index (χ3n) is 3.60. The monoisotopic (exact) mass is 292 g/mol. The Labute approximate surface area is 123 Å². The SMILES string of the molecule is COc1ccc(NC(=O)NC(=O)C2CCCC2)cc1OC. The van der Waals surface area contributed by atoms with Crippen LogP contribution in [0.1, 0.15) is 25.7 Å². The van der Waals surface area contributed by atoms with E-state index in [1.54, 1.807) is 18.2 Å². The zero-order chi connectivity index (χ0) is 15.2. The molecular formula is C15H20N2O4. The number of nitrogens with one attached hydrogen (secondary N) is 2. The molecule has 1 aromatic carbocycles. The van der Waals surface area contributed by atoms with Gasteiger partial charge in [0.05, 0.1) is 14.2 Å². The normalized spacial score (nSPS) is 14.6. The highest BCUT2D eigenvalue weighted by atomic mass is 16.5.